The number of amides is 1. The van der Waals surface area contributed by atoms with E-state index >= 15 is 0 Å². The summed E-state index contributed by atoms with van der Waals surface area (Å²) >= 11 is 0. The molecule has 1 aromatic carbocycles. The molecule has 1 saturated heterocycles. The molecular formula is C17H26N2O2. The molecule has 0 bridgehead atoms. The molecule has 4 heteroatoms. The van der Waals surface area contributed by atoms with E-state index < -0.39 is 0 Å². The van der Waals surface area contributed by atoms with Gasteiger partial charge in [-0.25, -0.2) is 0 Å². The Bertz CT molecular complexity index is 449. The second-order valence-electron chi connectivity index (χ2n) is 5.82. The van der Waals surface area contributed by atoms with Crippen LogP contribution in [0.2, 0.25) is 0 Å². The Morgan fingerprint density at radius 3 is 2.81 bits per heavy atom. The zero-order valence-electron chi connectivity index (χ0n) is 13.0. The molecule has 2 N–H and O–H groups in total. The number of carbonyl (C=O) groups excluding carboxylic acids is 1. The fourth-order valence-electron chi connectivity index (χ4n) is 2.86. The summed E-state index contributed by atoms with van der Waals surface area (Å²) in [5, 5.41) is 0. The molecule has 1 aliphatic rings. The topological polar surface area (TPSA) is 55.6 Å². The minimum Gasteiger partial charge on any atom is -0.381 e. The maximum atomic E-state index is 12.6. The van der Waals surface area contributed by atoms with Gasteiger partial charge in [0, 0.05) is 31.7 Å². The van der Waals surface area contributed by atoms with Crippen LogP contribution in [0.25, 0.3) is 0 Å². The van der Waals surface area contributed by atoms with Crippen LogP contribution in [0.1, 0.15) is 31.9 Å². The molecule has 0 aromatic heterocycles. The third-order valence-electron chi connectivity index (χ3n) is 4.27. The van der Waals surface area contributed by atoms with Crippen molar-refractivity contribution in [1.82, 2.24) is 4.90 Å². The van der Waals surface area contributed by atoms with Crippen molar-refractivity contribution >= 4 is 5.91 Å². The van der Waals surface area contributed by atoms with Gasteiger partial charge < -0.3 is 15.4 Å². The van der Waals surface area contributed by atoms with Gasteiger partial charge >= 0.3 is 0 Å². The third kappa shape index (κ3) is 4.05. The monoisotopic (exact) mass is 290 g/mol. The highest BCUT2D eigenvalue weighted by Gasteiger charge is 2.31. The van der Waals surface area contributed by atoms with Gasteiger partial charge in [-0.15, -0.1) is 0 Å². The first-order valence-corrected chi connectivity index (χ1v) is 7.80. The third-order valence-corrected chi connectivity index (χ3v) is 4.27. The van der Waals surface area contributed by atoms with E-state index in [0.717, 1.165) is 38.3 Å². The average molecular weight is 290 g/mol. The number of hydrogen-bond donors (Lipinski definition) is 1. The summed E-state index contributed by atoms with van der Waals surface area (Å²) in [4.78, 5) is 14.5. The van der Waals surface area contributed by atoms with E-state index in [2.05, 4.69) is 0 Å². The van der Waals surface area contributed by atoms with Crippen molar-refractivity contribution in [3.63, 3.8) is 0 Å². The van der Waals surface area contributed by atoms with Gasteiger partial charge in [0.1, 0.15) is 0 Å². The van der Waals surface area contributed by atoms with Crippen LogP contribution in [0.15, 0.2) is 30.3 Å². The van der Waals surface area contributed by atoms with Gasteiger partial charge in [-0.05, 0) is 18.9 Å². The predicted molar refractivity (Wildman–Crippen MR) is 83.7 cm³/mol. The van der Waals surface area contributed by atoms with Crippen LogP contribution in [0, 0.1) is 11.8 Å². The normalized spacial score (nSPS) is 21.3. The summed E-state index contributed by atoms with van der Waals surface area (Å²) in [7, 11) is 0. The molecule has 21 heavy (non-hydrogen) atoms. The fourth-order valence-corrected chi connectivity index (χ4v) is 2.86. The van der Waals surface area contributed by atoms with Crippen LogP contribution in [-0.2, 0) is 9.53 Å². The van der Waals surface area contributed by atoms with Gasteiger partial charge in [0.05, 0.1) is 12.5 Å². The molecule has 1 heterocycles. The Hall–Kier alpha value is -1.39. The zero-order valence-corrected chi connectivity index (χ0v) is 13.0. The van der Waals surface area contributed by atoms with Gasteiger partial charge in [0.15, 0.2) is 0 Å². The molecule has 1 amide bonds. The molecule has 1 aliphatic heterocycles. The molecule has 1 fully saturated rings. The summed E-state index contributed by atoms with van der Waals surface area (Å²) in [6.07, 6.45) is 1.03. The van der Waals surface area contributed by atoms with E-state index in [9.17, 15) is 4.79 Å². The van der Waals surface area contributed by atoms with Crippen LogP contribution in [0.5, 0.6) is 0 Å². The van der Waals surface area contributed by atoms with E-state index in [4.69, 9.17) is 10.5 Å². The molecule has 2 rings (SSSR count). The minimum atomic E-state index is -0.246. The maximum absolute atomic E-state index is 12.6. The lowest BCUT2D eigenvalue weighted by Crippen LogP contribution is -2.38. The summed E-state index contributed by atoms with van der Waals surface area (Å²) < 4.78 is 5.46. The van der Waals surface area contributed by atoms with Gasteiger partial charge in [-0.2, -0.15) is 0 Å². The van der Waals surface area contributed by atoms with Gasteiger partial charge in [-0.3, -0.25) is 4.79 Å². The highest BCUT2D eigenvalue weighted by atomic mass is 16.5. The SMILES string of the molecule is CCOCC1CCN(C(=O)C(C)C(N)c2ccccc2)C1. The number of rotatable bonds is 6. The van der Waals surface area contributed by atoms with Gasteiger partial charge in [0.25, 0.3) is 0 Å². The maximum Gasteiger partial charge on any atom is 0.227 e. The van der Waals surface area contributed by atoms with Crippen molar-refractivity contribution in [2.45, 2.75) is 26.3 Å². The summed E-state index contributed by atoms with van der Waals surface area (Å²) in [5.41, 5.74) is 7.27. The molecule has 1 aromatic rings. The van der Waals surface area contributed by atoms with Crippen LogP contribution in [-0.4, -0.2) is 37.1 Å². The van der Waals surface area contributed by atoms with Gasteiger partial charge in [0.2, 0.25) is 5.91 Å². The molecular weight excluding hydrogens is 264 g/mol. The van der Waals surface area contributed by atoms with Crippen molar-refractivity contribution in [1.29, 1.82) is 0 Å². The summed E-state index contributed by atoms with van der Waals surface area (Å²) in [5.74, 6) is 0.428. The number of likely N-dealkylation sites (tertiary alicyclic amines) is 1. The second-order valence-corrected chi connectivity index (χ2v) is 5.82. The zero-order chi connectivity index (χ0) is 15.2. The van der Waals surface area contributed by atoms with E-state index in [1.807, 2.05) is 49.1 Å². The number of ether oxygens (including phenoxy) is 1. The van der Waals surface area contributed by atoms with E-state index in [0.29, 0.717) is 5.92 Å². The molecule has 3 atom stereocenters. The first-order valence-electron chi connectivity index (χ1n) is 7.80. The van der Waals surface area contributed by atoms with Crippen LogP contribution in [0.3, 0.4) is 0 Å². The Kier molecular flexibility index (Phi) is 5.76. The van der Waals surface area contributed by atoms with Crippen LogP contribution >= 0.6 is 0 Å². The average Bonchev–Trinajstić information content (AvgIpc) is 3.00. The summed E-state index contributed by atoms with van der Waals surface area (Å²) in [6, 6.07) is 9.60. The highest BCUT2D eigenvalue weighted by Crippen LogP contribution is 2.24. The first kappa shape index (κ1) is 16.0. The first-order chi connectivity index (χ1) is 10.1. The molecule has 0 saturated carbocycles. The molecule has 4 nitrogen and oxygen atoms in total. The highest BCUT2D eigenvalue weighted by molar-refractivity contribution is 5.79. The Balaban J connectivity index is 1.91. The predicted octanol–water partition coefficient (Wildman–Crippen LogP) is 2.21. The lowest BCUT2D eigenvalue weighted by atomic mass is 9.94. The van der Waals surface area contributed by atoms with Crippen LogP contribution < -0.4 is 5.73 Å². The van der Waals surface area contributed by atoms with Gasteiger partial charge in [-0.1, -0.05) is 37.3 Å². The molecule has 0 spiro atoms. The van der Waals surface area contributed by atoms with Crippen molar-refractivity contribution in [3.05, 3.63) is 35.9 Å². The number of benzene rings is 1. The minimum absolute atomic E-state index is 0.158. The van der Waals surface area contributed by atoms with E-state index in [1.165, 1.54) is 0 Å². The second kappa shape index (κ2) is 7.57. The largest absolute Gasteiger partial charge is 0.381 e. The van der Waals surface area contributed by atoms with Crippen LogP contribution in [0.4, 0.5) is 0 Å². The molecule has 116 valence electrons. The molecule has 3 unspecified atom stereocenters. The number of carbonyl (C=O) groups is 1. The Labute approximate surface area is 127 Å². The fraction of sp³-hybridized carbons (Fsp3) is 0.588. The van der Waals surface area contributed by atoms with Crippen molar-refractivity contribution in [2.75, 3.05) is 26.3 Å². The lowest BCUT2D eigenvalue weighted by molar-refractivity contribution is -0.134. The number of hydrogen-bond acceptors (Lipinski definition) is 3. The van der Waals surface area contributed by atoms with E-state index in [-0.39, 0.29) is 17.9 Å². The quantitative estimate of drug-likeness (QED) is 0.874. The summed E-state index contributed by atoms with van der Waals surface area (Å²) in [6.45, 7) is 7.03. The standard InChI is InChI=1S/C17H26N2O2/c1-3-21-12-14-9-10-19(11-14)17(20)13(2)16(18)15-7-5-4-6-8-15/h4-8,13-14,16H,3,9-12,18H2,1-2H3. The number of nitrogens with zero attached hydrogens (tertiary/aromatic N) is 1. The van der Waals surface area contributed by atoms with Crippen molar-refractivity contribution in [2.24, 2.45) is 17.6 Å². The van der Waals surface area contributed by atoms with E-state index in [1.54, 1.807) is 0 Å². The smallest absolute Gasteiger partial charge is 0.227 e. The molecule has 0 radical (unpaired) electrons. The number of nitrogens with two attached hydrogens (primary N) is 1. The molecule has 0 aliphatic carbocycles. The Morgan fingerprint density at radius 2 is 2.14 bits per heavy atom. The van der Waals surface area contributed by atoms with Crippen molar-refractivity contribution in [3.8, 4) is 0 Å². The lowest BCUT2D eigenvalue weighted by Gasteiger charge is -2.25. The van der Waals surface area contributed by atoms with Crippen molar-refractivity contribution < 1.29 is 9.53 Å². The Morgan fingerprint density at radius 1 is 1.43 bits per heavy atom.